The molecule has 0 spiro atoms. The molecule has 3 aromatic carbocycles. The topological polar surface area (TPSA) is 49.4 Å². The van der Waals surface area contributed by atoms with Crippen molar-refractivity contribution >= 4 is 29.8 Å². The van der Waals surface area contributed by atoms with Crippen LogP contribution in [-0.2, 0) is 6.54 Å². The van der Waals surface area contributed by atoms with Crippen LogP contribution in [0.4, 0.5) is 5.69 Å². The zero-order valence-electron chi connectivity index (χ0n) is 15.7. The van der Waals surface area contributed by atoms with Crippen molar-refractivity contribution in [3.05, 3.63) is 89.0 Å². The van der Waals surface area contributed by atoms with E-state index in [1.807, 2.05) is 79.7 Å². The van der Waals surface area contributed by atoms with E-state index in [9.17, 15) is 9.59 Å². The third-order valence-corrected chi connectivity index (χ3v) is 4.75. The van der Waals surface area contributed by atoms with Gasteiger partial charge in [0, 0.05) is 23.4 Å². The molecule has 1 aliphatic carbocycles. The molecule has 0 fully saturated rings. The largest absolute Gasteiger partial charge is 0.322 e. The van der Waals surface area contributed by atoms with Gasteiger partial charge >= 0.3 is 0 Å². The number of benzene rings is 3. The smallest absolute Gasteiger partial charge is 0.256 e. The molecule has 0 aromatic heterocycles. The fraction of sp³-hybridized carbons (Fsp3) is 0.130. The van der Waals surface area contributed by atoms with Gasteiger partial charge < -0.3 is 10.2 Å². The number of hydrogen-bond acceptors (Lipinski definition) is 3. The molecule has 1 amide bonds. The lowest BCUT2D eigenvalue weighted by atomic mass is 10.00. The van der Waals surface area contributed by atoms with Gasteiger partial charge in [-0.15, -0.1) is 12.4 Å². The predicted octanol–water partition coefficient (Wildman–Crippen LogP) is 4.63. The zero-order valence-corrected chi connectivity index (χ0v) is 16.5. The summed E-state index contributed by atoms with van der Waals surface area (Å²) in [5.74, 6) is -0.355. The van der Waals surface area contributed by atoms with Gasteiger partial charge in [-0.2, -0.15) is 0 Å². The first-order chi connectivity index (χ1) is 13.1. The summed E-state index contributed by atoms with van der Waals surface area (Å²) in [5, 5.41) is 2.99. The van der Waals surface area contributed by atoms with Crippen molar-refractivity contribution in [2.24, 2.45) is 0 Å². The number of ketones is 1. The van der Waals surface area contributed by atoms with Crippen LogP contribution in [0.1, 0.15) is 31.8 Å². The summed E-state index contributed by atoms with van der Waals surface area (Å²) in [7, 11) is 3.97. The van der Waals surface area contributed by atoms with Gasteiger partial charge in [0.2, 0.25) is 0 Å². The number of nitrogens with zero attached hydrogens (tertiary/aromatic N) is 1. The van der Waals surface area contributed by atoms with Crippen molar-refractivity contribution in [1.82, 2.24) is 4.90 Å². The van der Waals surface area contributed by atoms with Gasteiger partial charge in [0.25, 0.3) is 5.91 Å². The first-order valence-corrected chi connectivity index (χ1v) is 8.87. The van der Waals surface area contributed by atoms with Crippen molar-refractivity contribution in [1.29, 1.82) is 0 Å². The molecule has 142 valence electrons. The maximum absolute atomic E-state index is 13.0. The Hall–Kier alpha value is -2.95. The molecular formula is C23H21ClN2O2. The summed E-state index contributed by atoms with van der Waals surface area (Å²) in [4.78, 5) is 28.0. The minimum atomic E-state index is -0.265. The number of carbonyl (C=O) groups is 2. The predicted molar refractivity (Wildman–Crippen MR) is 114 cm³/mol. The molecule has 5 heteroatoms. The van der Waals surface area contributed by atoms with Gasteiger partial charge in [-0.3, -0.25) is 9.59 Å². The fourth-order valence-electron chi connectivity index (χ4n) is 3.57. The highest BCUT2D eigenvalue weighted by Gasteiger charge is 2.30. The average molecular weight is 393 g/mol. The molecule has 1 N–H and O–H groups in total. The first-order valence-electron chi connectivity index (χ1n) is 8.87. The molecule has 0 saturated heterocycles. The first kappa shape index (κ1) is 19.8. The lowest BCUT2D eigenvalue weighted by Gasteiger charge is -2.15. The molecule has 4 nitrogen and oxygen atoms in total. The Balaban J connectivity index is 0.00000225. The summed E-state index contributed by atoms with van der Waals surface area (Å²) in [6.45, 7) is 0.716. The SMILES string of the molecule is CN(C)Cc1ccccc1NC(=O)c1cccc2c1C(=O)c1ccccc1-2.Cl. The zero-order chi connectivity index (χ0) is 19.0. The molecule has 0 heterocycles. The highest BCUT2D eigenvalue weighted by molar-refractivity contribution is 6.26. The molecule has 0 bridgehead atoms. The molecular weight excluding hydrogens is 372 g/mol. The van der Waals surface area contributed by atoms with Crippen LogP contribution < -0.4 is 5.32 Å². The standard InChI is InChI=1S/C23H20N2O2.ClH/c1-25(2)14-15-8-3-6-13-20(15)24-23(27)19-12-7-11-17-16-9-4-5-10-18(16)22(26)21(17)19;/h3-13H,14H2,1-2H3,(H,24,27);1H. The van der Waals surface area contributed by atoms with Gasteiger partial charge in [0.05, 0.1) is 5.56 Å². The summed E-state index contributed by atoms with van der Waals surface area (Å²) in [5.41, 5.74) is 5.05. The van der Waals surface area contributed by atoms with E-state index in [-0.39, 0.29) is 24.1 Å². The highest BCUT2D eigenvalue weighted by atomic mass is 35.5. The van der Waals surface area contributed by atoms with Gasteiger partial charge in [0.15, 0.2) is 5.78 Å². The van der Waals surface area contributed by atoms with Crippen molar-refractivity contribution in [3.8, 4) is 11.1 Å². The quantitative estimate of drug-likeness (QED) is 0.550. The normalized spacial score (nSPS) is 11.6. The minimum Gasteiger partial charge on any atom is -0.322 e. The van der Waals surface area contributed by atoms with Crippen molar-refractivity contribution in [3.63, 3.8) is 0 Å². The van der Waals surface area contributed by atoms with E-state index < -0.39 is 0 Å². The fourth-order valence-corrected chi connectivity index (χ4v) is 3.57. The number of anilines is 1. The highest BCUT2D eigenvalue weighted by Crippen LogP contribution is 2.38. The number of fused-ring (bicyclic) bond motifs is 3. The molecule has 4 rings (SSSR count). The second-order valence-electron chi connectivity index (χ2n) is 6.95. The third-order valence-electron chi connectivity index (χ3n) is 4.75. The monoisotopic (exact) mass is 392 g/mol. The Morgan fingerprint density at radius 2 is 1.50 bits per heavy atom. The van der Waals surface area contributed by atoms with Crippen LogP contribution in [0.25, 0.3) is 11.1 Å². The minimum absolute atomic E-state index is 0. The maximum Gasteiger partial charge on any atom is 0.256 e. The Morgan fingerprint density at radius 3 is 2.25 bits per heavy atom. The number of para-hydroxylation sites is 1. The Kier molecular flexibility index (Phi) is 5.63. The van der Waals surface area contributed by atoms with Crippen LogP contribution in [0, 0.1) is 0 Å². The Labute approximate surface area is 170 Å². The second kappa shape index (κ2) is 7.97. The van der Waals surface area contributed by atoms with Crippen LogP contribution in [0.3, 0.4) is 0 Å². The van der Waals surface area contributed by atoms with E-state index in [0.717, 1.165) is 22.4 Å². The molecule has 0 saturated carbocycles. The van der Waals surface area contributed by atoms with Crippen molar-refractivity contribution < 1.29 is 9.59 Å². The van der Waals surface area contributed by atoms with Crippen LogP contribution in [0.5, 0.6) is 0 Å². The molecule has 1 aliphatic rings. The molecule has 0 unspecified atom stereocenters. The average Bonchev–Trinajstić information content (AvgIpc) is 2.96. The Bertz CT molecular complexity index is 1060. The van der Waals surface area contributed by atoms with Gasteiger partial charge in [0.1, 0.15) is 0 Å². The van der Waals surface area contributed by atoms with Crippen LogP contribution in [0.15, 0.2) is 66.7 Å². The molecule has 28 heavy (non-hydrogen) atoms. The van der Waals surface area contributed by atoms with Crippen LogP contribution >= 0.6 is 12.4 Å². The number of rotatable bonds is 4. The van der Waals surface area contributed by atoms with Crippen LogP contribution in [-0.4, -0.2) is 30.7 Å². The molecule has 3 aromatic rings. The van der Waals surface area contributed by atoms with E-state index in [1.165, 1.54) is 0 Å². The summed E-state index contributed by atoms with van der Waals surface area (Å²) in [6.07, 6.45) is 0. The van der Waals surface area contributed by atoms with Crippen molar-refractivity contribution in [2.75, 3.05) is 19.4 Å². The lowest BCUT2D eigenvalue weighted by Crippen LogP contribution is -2.18. The number of nitrogens with one attached hydrogen (secondary N) is 1. The van der Waals surface area contributed by atoms with E-state index in [0.29, 0.717) is 23.2 Å². The van der Waals surface area contributed by atoms with Crippen LogP contribution in [0.2, 0.25) is 0 Å². The van der Waals surface area contributed by atoms with Gasteiger partial charge in [-0.1, -0.05) is 54.6 Å². The van der Waals surface area contributed by atoms with Gasteiger partial charge in [-0.25, -0.2) is 0 Å². The van der Waals surface area contributed by atoms with E-state index >= 15 is 0 Å². The van der Waals surface area contributed by atoms with Gasteiger partial charge in [-0.05, 0) is 42.9 Å². The third kappa shape index (κ3) is 3.44. The summed E-state index contributed by atoms with van der Waals surface area (Å²) in [6, 6.07) is 20.7. The number of hydrogen-bond donors (Lipinski definition) is 1. The second-order valence-corrected chi connectivity index (χ2v) is 6.95. The van der Waals surface area contributed by atoms with E-state index in [1.54, 1.807) is 6.07 Å². The molecule has 0 aliphatic heterocycles. The van der Waals surface area contributed by atoms with E-state index in [4.69, 9.17) is 0 Å². The Morgan fingerprint density at radius 1 is 0.857 bits per heavy atom. The van der Waals surface area contributed by atoms with E-state index in [2.05, 4.69) is 5.32 Å². The maximum atomic E-state index is 13.0. The number of halogens is 1. The summed E-state index contributed by atoms with van der Waals surface area (Å²) >= 11 is 0. The number of carbonyl (C=O) groups excluding carboxylic acids is 2. The number of amides is 1. The lowest BCUT2D eigenvalue weighted by molar-refractivity contribution is 0.0998. The molecule has 0 atom stereocenters. The molecule has 0 radical (unpaired) electrons. The van der Waals surface area contributed by atoms with Crippen molar-refractivity contribution in [2.45, 2.75) is 6.54 Å². The summed E-state index contributed by atoms with van der Waals surface area (Å²) < 4.78 is 0.